The van der Waals surface area contributed by atoms with Gasteiger partial charge >= 0.3 is 6.09 Å². The third-order valence-electron chi connectivity index (χ3n) is 10.2. The minimum absolute atomic E-state index is 0.000811. The number of anilines is 1. The van der Waals surface area contributed by atoms with Crippen LogP contribution in [0.25, 0.3) is 11.2 Å². The number of amides is 1. The number of aromatic nitrogens is 4. The molecule has 1 saturated heterocycles. The highest BCUT2D eigenvalue weighted by Gasteiger charge is 2.45. The number of carbonyl (C=O) groups is 1. The number of rotatable bonds is 23. The lowest BCUT2D eigenvalue weighted by atomic mass is 9.80. The average molecular weight is 881 g/mol. The quantitative estimate of drug-likeness (QED) is 0.0378. The summed E-state index contributed by atoms with van der Waals surface area (Å²) >= 11 is 0. The summed E-state index contributed by atoms with van der Waals surface area (Å²) in [5.41, 5.74) is 2.19. The first-order chi connectivity index (χ1) is 30.6. The molecule has 1 unspecified atom stereocenters. The highest BCUT2D eigenvalue weighted by Crippen LogP contribution is 2.51. The molecule has 1 N–H and O–H groups in total. The van der Waals surface area contributed by atoms with E-state index in [1.807, 2.05) is 66.7 Å². The number of ether oxygens (including phenoxy) is 6. The molecule has 1 aliphatic rings. The highest BCUT2D eigenvalue weighted by molar-refractivity contribution is 7.44. The van der Waals surface area contributed by atoms with Crippen molar-refractivity contribution in [1.29, 1.82) is 0 Å². The molecular formula is C47H57N6O9P. The lowest BCUT2D eigenvalue weighted by Gasteiger charge is -2.39. The topological polar surface area (TPSA) is 150 Å². The van der Waals surface area contributed by atoms with E-state index in [0.717, 1.165) is 16.7 Å². The number of nitrogens with one attached hydrogen (secondary N) is 1. The lowest BCUT2D eigenvalue weighted by molar-refractivity contribution is -0.0911. The van der Waals surface area contributed by atoms with Crippen molar-refractivity contribution in [2.45, 2.75) is 70.2 Å². The summed E-state index contributed by atoms with van der Waals surface area (Å²) in [5.74, 6) is 1.50. The second-order valence-electron chi connectivity index (χ2n) is 15.0. The Morgan fingerprint density at radius 3 is 2.05 bits per heavy atom. The summed E-state index contributed by atoms with van der Waals surface area (Å²) < 4.78 is 54.1. The van der Waals surface area contributed by atoms with Gasteiger partial charge in [-0.3, -0.25) is 9.88 Å². The van der Waals surface area contributed by atoms with Crippen LogP contribution in [0.2, 0.25) is 0 Å². The normalized spacial score (nSPS) is 16.9. The van der Waals surface area contributed by atoms with Gasteiger partial charge in [0.25, 0.3) is 8.53 Å². The zero-order valence-corrected chi connectivity index (χ0v) is 37.6. The smallest absolute Gasteiger partial charge is 0.414 e. The molecule has 0 radical (unpaired) electrons. The molecule has 63 heavy (non-hydrogen) atoms. The minimum Gasteiger partial charge on any atom is -0.497 e. The maximum Gasteiger partial charge on any atom is 0.414 e. The van der Waals surface area contributed by atoms with Crippen molar-refractivity contribution in [3.63, 3.8) is 0 Å². The van der Waals surface area contributed by atoms with E-state index in [9.17, 15) is 4.79 Å². The van der Waals surface area contributed by atoms with Gasteiger partial charge in [0.1, 0.15) is 42.6 Å². The number of carbonyl (C=O) groups excluding carboxylic acids is 1. The van der Waals surface area contributed by atoms with Crippen LogP contribution in [-0.4, -0.2) is 95.2 Å². The van der Waals surface area contributed by atoms with Crippen LogP contribution >= 0.6 is 8.53 Å². The van der Waals surface area contributed by atoms with E-state index in [4.69, 9.17) is 37.5 Å². The number of fused-ring (bicyclic) bond motifs is 1. The zero-order valence-electron chi connectivity index (χ0n) is 36.7. The van der Waals surface area contributed by atoms with Crippen molar-refractivity contribution in [2.24, 2.45) is 0 Å². The standard InChI is InChI=1S/C47H57N6O9P/c1-10-26-57-44-42-43(49-45(50-44)51-46(54)58-27-11-2)52(31-48-42)41-29-39(62-63(60-28-12-3)53(32(4)5)33(6)7)40(61-41)30-59-47(34-16-14-13-15-17-34,35-18-22-37(55-8)23-19-35)36-20-24-38(56-9)25-21-36/h10-25,31-33,39-41H,1-3,26-30H2,4-9H3,(H,49,50,51,54)/t39-,40+,41+,63?/m0/s1. The molecule has 5 aromatic rings. The van der Waals surface area contributed by atoms with Gasteiger partial charge in [-0.1, -0.05) is 86.0 Å². The average Bonchev–Trinajstić information content (AvgIpc) is 3.91. The summed E-state index contributed by atoms with van der Waals surface area (Å²) in [7, 11) is 1.66. The molecule has 16 heteroatoms. The fourth-order valence-electron chi connectivity index (χ4n) is 7.43. The summed E-state index contributed by atoms with van der Waals surface area (Å²) in [4.78, 5) is 26.4. The summed E-state index contributed by atoms with van der Waals surface area (Å²) in [5, 5.41) is 2.58. The van der Waals surface area contributed by atoms with E-state index in [2.05, 4.69) is 84.5 Å². The summed E-state index contributed by atoms with van der Waals surface area (Å²) in [6.07, 6.45) is 4.06. The minimum atomic E-state index is -1.62. The third kappa shape index (κ3) is 10.9. The van der Waals surface area contributed by atoms with Crippen LogP contribution in [0.15, 0.2) is 123 Å². The predicted molar refractivity (Wildman–Crippen MR) is 243 cm³/mol. The van der Waals surface area contributed by atoms with Gasteiger partial charge < -0.3 is 37.5 Å². The molecule has 15 nitrogen and oxygen atoms in total. The Hall–Kier alpha value is -5.67. The van der Waals surface area contributed by atoms with Gasteiger partial charge in [0.2, 0.25) is 11.8 Å². The van der Waals surface area contributed by atoms with E-state index in [1.165, 1.54) is 6.08 Å². The van der Waals surface area contributed by atoms with Gasteiger partial charge in [-0.25, -0.2) is 14.4 Å². The first kappa shape index (κ1) is 46.8. The van der Waals surface area contributed by atoms with E-state index >= 15 is 0 Å². The molecule has 0 saturated carbocycles. The lowest BCUT2D eigenvalue weighted by Crippen LogP contribution is -2.39. The van der Waals surface area contributed by atoms with Crippen molar-refractivity contribution >= 4 is 31.7 Å². The maximum absolute atomic E-state index is 12.6. The first-order valence-corrected chi connectivity index (χ1v) is 21.9. The molecule has 0 spiro atoms. The second kappa shape index (κ2) is 22.1. The third-order valence-corrected chi connectivity index (χ3v) is 12.3. The summed E-state index contributed by atoms with van der Waals surface area (Å²) in [6.45, 7) is 20.2. The number of nitrogens with zero attached hydrogens (tertiary/aromatic N) is 5. The van der Waals surface area contributed by atoms with Crippen molar-refractivity contribution in [2.75, 3.05) is 46.0 Å². The van der Waals surface area contributed by atoms with Crippen LogP contribution < -0.4 is 19.5 Å². The van der Waals surface area contributed by atoms with Crippen molar-refractivity contribution in [1.82, 2.24) is 24.2 Å². The number of imidazole rings is 1. The number of hydrogen-bond donors (Lipinski definition) is 1. The largest absolute Gasteiger partial charge is 0.497 e. The van der Waals surface area contributed by atoms with Crippen LogP contribution in [0, 0.1) is 0 Å². The van der Waals surface area contributed by atoms with E-state index in [1.54, 1.807) is 37.3 Å². The Morgan fingerprint density at radius 1 is 0.873 bits per heavy atom. The van der Waals surface area contributed by atoms with Gasteiger partial charge in [0, 0.05) is 18.5 Å². The van der Waals surface area contributed by atoms with E-state index in [0.29, 0.717) is 29.1 Å². The first-order valence-electron chi connectivity index (χ1n) is 20.7. The van der Waals surface area contributed by atoms with Gasteiger partial charge in [0.05, 0.1) is 39.9 Å². The molecule has 0 bridgehead atoms. The maximum atomic E-state index is 12.6. The molecule has 4 atom stereocenters. The highest BCUT2D eigenvalue weighted by atomic mass is 31.2. The Bertz CT molecular complexity index is 2220. The fraction of sp³-hybridized carbons (Fsp3) is 0.362. The SMILES string of the molecule is C=CCOC(=O)Nc1nc(OCC=C)c2ncn([C@H]3C[C@H](OP(OCC=C)N(C(C)C)C(C)C)[C@@H](COC(c4ccccc4)(c4ccc(OC)cc4)c4ccc(OC)cc4)O3)c2n1. The second-order valence-corrected chi connectivity index (χ2v) is 16.4. The van der Waals surface area contributed by atoms with E-state index < -0.39 is 38.7 Å². The molecule has 1 aliphatic heterocycles. The van der Waals surface area contributed by atoms with Crippen LogP contribution in [0.3, 0.4) is 0 Å². The molecular weight excluding hydrogens is 824 g/mol. The van der Waals surface area contributed by atoms with Crippen LogP contribution in [0.4, 0.5) is 10.7 Å². The van der Waals surface area contributed by atoms with E-state index in [-0.39, 0.29) is 50.3 Å². The van der Waals surface area contributed by atoms with Gasteiger partial charge in [-0.2, -0.15) is 9.97 Å². The Balaban J connectivity index is 1.45. The monoisotopic (exact) mass is 880 g/mol. The molecule has 1 amide bonds. The predicted octanol–water partition coefficient (Wildman–Crippen LogP) is 9.37. The molecule has 3 aromatic carbocycles. The number of benzene rings is 3. The Morgan fingerprint density at radius 2 is 1.48 bits per heavy atom. The Kier molecular flexibility index (Phi) is 16.4. The van der Waals surface area contributed by atoms with Crippen LogP contribution in [0.5, 0.6) is 17.4 Å². The molecule has 0 aliphatic carbocycles. The number of hydrogen-bond acceptors (Lipinski definition) is 13. The molecule has 1 fully saturated rings. The van der Waals surface area contributed by atoms with Gasteiger partial charge in [0.15, 0.2) is 11.2 Å². The van der Waals surface area contributed by atoms with Crippen LogP contribution in [-0.2, 0) is 28.9 Å². The zero-order chi connectivity index (χ0) is 44.9. The molecule has 334 valence electrons. The van der Waals surface area contributed by atoms with Gasteiger partial charge in [-0.05, 0) is 68.7 Å². The van der Waals surface area contributed by atoms with Crippen molar-refractivity contribution in [3.05, 3.63) is 140 Å². The number of methoxy groups -OCH3 is 2. The van der Waals surface area contributed by atoms with Crippen molar-refractivity contribution in [3.8, 4) is 17.4 Å². The van der Waals surface area contributed by atoms with Gasteiger partial charge in [-0.15, -0.1) is 6.58 Å². The molecule has 6 rings (SSSR count). The molecule has 2 aromatic heterocycles. The van der Waals surface area contributed by atoms with Crippen LogP contribution in [0.1, 0.15) is 57.0 Å². The Labute approximate surface area is 370 Å². The fourth-order valence-corrected chi connectivity index (χ4v) is 9.17. The van der Waals surface area contributed by atoms with Crippen molar-refractivity contribution < 1.29 is 42.3 Å². The molecule has 3 heterocycles. The summed E-state index contributed by atoms with van der Waals surface area (Å²) in [6, 6.07) is 26.0.